The van der Waals surface area contributed by atoms with Crippen LogP contribution < -0.4 is 0 Å². The quantitative estimate of drug-likeness (QED) is 0.692. The fourth-order valence-corrected chi connectivity index (χ4v) is 6.65. The topological polar surface area (TPSA) is 87.5 Å². The van der Waals surface area contributed by atoms with Gasteiger partial charge in [-0.3, -0.25) is 4.79 Å². The van der Waals surface area contributed by atoms with Crippen molar-refractivity contribution in [1.29, 1.82) is 0 Å². The van der Waals surface area contributed by atoms with E-state index in [2.05, 4.69) is 11.2 Å². The Balaban J connectivity index is 1.30. The minimum Gasteiger partial charge on any atom is -0.379 e. The molecule has 0 N–H and O–H groups in total. The van der Waals surface area contributed by atoms with E-state index in [9.17, 15) is 13.2 Å². The van der Waals surface area contributed by atoms with E-state index in [1.54, 1.807) is 15.0 Å². The molecule has 10 heteroatoms. The molecule has 2 aromatic rings. The van der Waals surface area contributed by atoms with Gasteiger partial charge in [-0.1, -0.05) is 0 Å². The van der Waals surface area contributed by atoms with Crippen LogP contribution in [0.5, 0.6) is 0 Å². The molecular formula is C22H31N5O4S. The van der Waals surface area contributed by atoms with Gasteiger partial charge < -0.3 is 9.64 Å². The summed E-state index contributed by atoms with van der Waals surface area (Å²) in [6.07, 6.45) is 8.42. The summed E-state index contributed by atoms with van der Waals surface area (Å²) in [6.45, 7) is 4.40. The van der Waals surface area contributed by atoms with Crippen LogP contribution in [0.25, 0.3) is 5.52 Å². The Bertz CT molecular complexity index is 1070. The van der Waals surface area contributed by atoms with Crippen molar-refractivity contribution in [2.24, 2.45) is 0 Å². The molecule has 174 valence electrons. The van der Waals surface area contributed by atoms with Gasteiger partial charge in [0, 0.05) is 45.5 Å². The zero-order valence-corrected chi connectivity index (χ0v) is 19.2. The van der Waals surface area contributed by atoms with Gasteiger partial charge in [0.15, 0.2) is 0 Å². The van der Waals surface area contributed by atoms with E-state index in [0.717, 1.165) is 49.9 Å². The van der Waals surface area contributed by atoms with Crippen LogP contribution >= 0.6 is 0 Å². The summed E-state index contributed by atoms with van der Waals surface area (Å²) in [7, 11) is -3.42. The number of rotatable bonds is 4. The van der Waals surface area contributed by atoms with Crippen LogP contribution in [0.1, 0.15) is 53.9 Å². The number of hydrogen-bond acceptors (Lipinski definition) is 5. The van der Waals surface area contributed by atoms with Crippen molar-refractivity contribution in [2.75, 3.05) is 52.5 Å². The second kappa shape index (κ2) is 9.09. The van der Waals surface area contributed by atoms with Gasteiger partial charge >= 0.3 is 0 Å². The molecule has 32 heavy (non-hydrogen) atoms. The molecule has 0 aromatic carbocycles. The van der Waals surface area contributed by atoms with Gasteiger partial charge in [-0.15, -0.1) is 0 Å². The molecule has 3 saturated heterocycles. The highest BCUT2D eigenvalue weighted by Gasteiger charge is 2.34. The summed E-state index contributed by atoms with van der Waals surface area (Å²) in [5.74, 6) is 0.326. The van der Waals surface area contributed by atoms with Crippen molar-refractivity contribution >= 4 is 21.6 Å². The Morgan fingerprint density at radius 1 is 0.969 bits per heavy atom. The number of piperidine rings is 2. The van der Waals surface area contributed by atoms with E-state index in [1.807, 2.05) is 17.2 Å². The molecule has 0 radical (unpaired) electrons. The van der Waals surface area contributed by atoms with Crippen molar-refractivity contribution in [3.8, 4) is 0 Å². The van der Waals surface area contributed by atoms with E-state index in [-0.39, 0.29) is 11.8 Å². The summed E-state index contributed by atoms with van der Waals surface area (Å²) in [4.78, 5) is 15.0. The maximum Gasteiger partial charge on any atom is 0.282 e. The molecule has 0 unspecified atom stereocenters. The normalized spacial score (nSPS) is 22.4. The Morgan fingerprint density at radius 3 is 2.38 bits per heavy atom. The third-order valence-corrected chi connectivity index (χ3v) is 9.00. The number of fused-ring (bicyclic) bond motifs is 1. The minimum atomic E-state index is -3.42. The first-order valence-corrected chi connectivity index (χ1v) is 13.0. The fourth-order valence-electron chi connectivity index (χ4n) is 5.04. The molecule has 3 fully saturated rings. The fraction of sp³-hybridized carbons (Fsp3) is 0.636. The van der Waals surface area contributed by atoms with Crippen LogP contribution in [0.15, 0.2) is 24.5 Å². The molecule has 2 aromatic heterocycles. The van der Waals surface area contributed by atoms with Crippen molar-refractivity contribution in [1.82, 2.24) is 23.1 Å². The number of morpholine rings is 1. The second-order valence-electron chi connectivity index (χ2n) is 8.89. The second-order valence-corrected chi connectivity index (χ2v) is 10.8. The number of aromatic nitrogens is 2. The van der Waals surface area contributed by atoms with Gasteiger partial charge in [-0.2, -0.15) is 22.1 Å². The van der Waals surface area contributed by atoms with Crippen molar-refractivity contribution in [2.45, 2.75) is 38.0 Å². The van der Waals surface area contributed by atoms with Crippen LogP contribution in [0.4, 0.5) is 0 Å². The van der Waals surface area contributed by atoms with E-state index in [4.69, 9.17) is 4.74 Å². The number of amides is 1. The number of nitrogens with zero attached hydrogens (tertiary/aromatic N) is 5. The summed E-state index contributed by atoms with van der Waals surface area (Å²) in [6, 6.07) is 4.12. The molecule has 0 saturated carbocycles. The monoisotopic (exact) mass is 461 g/mol. The zero-order chi connectivity index (χ0) is 22.1. The first kappa shape index (κ1) is 21.8. The van der Waals surface area contributed by atoms with Gasteiger partial charge in [-0.05, 0) is 55.7 Å². The number of carbonyl (C=O) groups is 1. The first-order chi connectivity index (χ1) is 15.5. The predicted octanol–water partition coefficient (Wildman–Crippen LogP) is 1.72. The van der Waals surface area contributed by atoms with Crippen LogP contribution in [0.2, 0.25) is 0 Å². The Morgan fingerprint density at radius 2 is 1.66 bits per heavy atom. The molecule has 1 amide bonds. The van der Waals surface area contributed by atoms with Gasteiger partial charge in [0.05, 0.1) is 30.5 Å². The molecule has 5 rings (SSSR count). The highest BCUT2D eigenvalue weighted by Crippen LogP contribution is 2.31. The highest BCUT2D eigenvalue weighted by atomic mass is 32.2. The molecule has 0 aliphatic carbocycles. The molecule has 5 heterocycles. The molecule has 9 nitrogen and oxygen atoms in total. The smallest absolute Gasteiger partial charge is 0.282 e. The first-order valence-electron chi connectivity index (χ1n) is 11.6. The van der Waals surface area contributed by atoms with Crippen LogP contribution in [0, 0.1) is 0 Å². The highest BCUT2D eigenvalue weighted by molar-refractivity contribution is 7.86. The number of pyridine rings is 1. The standard InChI is InChI=1S/C22H31N5O4S/c28-22(24-7-2-1-3-8-24)20-17-23-27-11-6-19(16-21(20)27)18-4-9-25(10-5-18)32(29,30)26-12-14-31-15-13-26/h6,11,16-18H,1-5,7-10,12-15H2. The lowest BCUT2D eigenvalue weighted by atomic mass is 9.90. The number of likely N-dealkylation sites (tertiary alicyclic amines) is 1. The molecule has 3 aliphatic heterocycles. The van der Waals surface area contributed by atoms with Gasteiger partial charge in [0.25, 0.3) is 16.1 Å². The SMILES string of the molecule is O=C(c1cnn2ccc(C3CCN(S(=O)(=O)N4CCOCC4)CC3)cc12)N1CCCCC1. The van der Waals surface area contributed by atoms with Crippen LogP contribution in [0.3, 0.4) is 0 Å². The maximum absolute atomic E-state index is 13.1. The Hall–Kier alpha value is -2.01. The van der Waals surface area contributed by atoms with Crippen molar-refractivity contribution in [3.63, 3.8) is 0 Å². The zero-order valence-electron chi connectivity index (χ0n) is 18.4. The molecule has 0 bridgehead atoms. The summed E-state index contributed by atoms with van der Waals surface area (Å²) >= 11 is 0. The van der Waals surface area contributed by atoms with E-state index >= 15 is 0 Å². The van der Waals surface area contributed by atoms with Crippen LogP contribution in [-0.2, 0) is 14.9 Å². The molecular weight excluding hydrogens is 430 g/mol. The average Bonchev–Trinajstić information content (AvgIpc) is 3.28. The van der Waals surface area contributed by atoms with Gasteiger partial charge in [0.1, 0.15) is 0 Å². The lowest BCUT2D eigenvalue weighted by Gasteiger charge is -2.36. The Labute approximate surface area is 189 Å². The van der Waals surface area contributed by atoms with E-state index < -0.39 is 10.2 Å². The summed E-state index contributed by atoms with van der Waals surface area (Å²) < 4.78 is 36.1. The minimum absolute atomic E-state index is 0.0586. The number of ether oxygens (including phenoxy) is 1. The van der Waals surface area contributed by atoms with Crippen molar-refractivity contribution in [3.05, 3.63) is 35.7 Å². The predicted molar refractivity (Wildman–Crippen MR) is 120 cm³/mol. The van der Waals surface area contributed by atoms with Crippen molar-refractivity contribution < 1.29 is 17.9 Å². The number of hydrogen-bond donors (Lipinski definition) is 0. The number of carbonyl (C=O) groups excluding carboxylic acids is 1. The molecule has 0 spiro atoms. The largest absolute Gasteiger partial charge is 0.379 e. The van der Waals surface area contributed by atoms with Gasteiger partial charge in [-0.25, -0.2) is 4.52 Å². The average molecular weight is 462 g/mol. The van der Waals surface area contributed by atoms with E-state index in [1.165, 1.54) is 10.7 Å². The van der Waals surface area contributed by atoms with Crippen LogP contribution in [-0.4, -0.2) is 89.9 Å². The molecule has 0 atom stereocenters. The van der Waals surface area contributed by atoms with E-state index in [0.29, 0.717) is 45.0 Å². The maximum atomic E-state index is 13.1. The lowest BCUT2D eigenvalue weighted by molar-refractivity contribution is 0.0696. The van der Waals surface area contributed by atoms with Gasteiger partial charge in [0.2, 0.25) is 0 Å². The Kier molecular flexibility index (Phi) is 6.20. The summed E-state index contributed by atoms with van der Waals surface area (Å²) in [5, 5.41) is 4.38. The third kappa shape index (κ3) is 4.16. The third-order valence-electron chi connectivity index (χ3n) is 6.97. The lowest BCUT2D eigenvalue weighted by Crippen LogP contribution is -2.50. The molecule has 3 aliphatic rings. The summed E-state index contributed by atoms with van der Waals surface area (Å²) in [5.41, 5.74) is 2.64.